The van der Waals surface area contributed by atoms with E-state index in [1.807, 2.05) is 11.7 Å². The fourth-order valence-corrected chi connectivity index (χ4v) is 0.540. The molecule has 0 aliphatic carbocycles. The molecule has 2 atom stereocenters. The fourth-order valence-electron chi connectivity index (χ4n) is 0.390. The average molecular weight is 135 g/mol. The molecule has 2 unspecified atom stereocenters. The van der Waals surface area contributed by atoms with Gasteiger partial charge >= 0.3 is 0 Å². The van der Waals surface area contributed by atoms with Crippen LogP contribution in [0.15, 0.2) is 0 Å². The lowest BCUT2D eigenvalue weighted by atomic mass is 10.3. The second-order valence-electron chi connectivity index (χ2n) is 2.12. The van der Waals surface area contributed by atoms with Gasteiger partial charge in [0.25, 0.3) is 0 Å². The van der Waals surface area contributed by atoms with Gasteiger partial charge in [0.1, 0.15) is 0 Å². The van der Waals surface area contributed by atoms with Crippen LogP contribution in [0.3, 0.4) is 0 Å². The molecule has 0 aromatic heterocycles. The first-order valence-electron chi connectivity index (χ1n) is 2.77. The first kappa shape index (κ1) is 8.35. The second kappa shape index (κ2) is 4.25. The van der Waals surface area contributed by atoms with Crippen molar-refractivity contribution in [3.63, 3.8) is 0 Å². The first-order valence-corrected chi connectivity index (χ1v) is 3.28. The number of aliphatic hydroxyl groups is 1. The first-order chi connectivity index (χ1) is 3.63. The van der Waals surface area contributed by atoms with Crippen LogP contribution >= 0.6 is 9.39 Å². The Balaban J connectivity index is 2.93. The minimum atomic E-state index is -0.169. The van der Waals surface area contributed by atoms with Gasteiger partial charge in [0, 0.05) is 6.54 Å². The third-order valence-electron chi connectivity index (χ3n) is 0.900. The molecule has 8 heavy (non-hydrogen) atoms. The SMILES string of the molecule is CC(O)CCN(C)P. The summed E-state index contributed by atoms with van der Waals surface area (Å²) in [5.41, 5.74) is 0. The Kier molecular flexibility index (Phi) is 4.44. The Labute approximate surface area is 53.1 Å². The number of nitrogens with zero attached hydrogens (tertiary/aromatic N) is 1. The summed E-state index contributed by atoms with van der Waals surface area (Å²) < 4.78 is 1.98. The lowest BCUT2D eigenvalue weighted by Gasteiger charge is -2.09. The molecule has 0 bridgehead atoms. The van der Waals surface area contributed by atoms with Crippen molar-refractivity contribution in [3.05, 3.63) is 0 Å². The van der Waals surface area contributed by atoms with Crippen molar-refractivity contribution in [1.29, 1.82) is 0 Å². The van der Waals surface area contributed by atoms with Crippen LogP contribution in [-0.4, -0.2) is 29.5 Å². The highest BCUT2D eigenvalue weighted by Gasteiger charge is 1.94. The van der Waals surface area contributed by atoms with Crippen molar-refractivity contribution in [2.24, 2.45) is 0 Å². The molecule has 0 fully saturated rings. The van der Waals surface area contributed by atoms with E-state index in [0.29, 0.717) is 0 Å². The van der Waals surface area contributed by atoms with Gasteiger partial charge in [-0.1, -0.05) is 9.39 Å². The Hall–Kier alpha value is 0.350. The van der Waals surface area contributed by atoms with Crippen LogP contribution in [0.25, 0.3) is 0 Å². The third-order valence-corrected chi connectivity index (χ3v) is 1.16. The van der Waals surface area contributed by atoms with E-state index in [4.69, 9.17) is 5.11 Å². The Morgan fingerprint density at radius 3 is 2.38 bits per heavy atom. The van der Waals surface area contributed by atoms with Crippen molar-refractivity contribution in [3.8, 4) is 0 Å². The summed E-state index contributed by atoms with van der Waals surface area (Å²) in [7, 11) is 4.51. The van der Waals surface area contributed by atoms with Gasteiger partial charge in [-0.15, -0.1) is 0 Å². The molecule has 0 spiro atoms. The summed E-state index contributed by atoms with van der Waals surface area (Å²) in [6.45, 7) is 2.73. The highest BCUT2D eigenvalue weighted by Crippen LogP contribution is 1.96. The minimum Gasteiger partial charge on any atom is -0.393 e. The van der Waals surface area contributed by atoms with Gasteiger partial charge in [-0.25, -0.2) is 0 Å². The molecule has 0 aromatic rings. The lowest BCUT2D eigenvalue weighted by molar-refractivity contribution is 0.178. The van der Waals surface area contributed by atoms with E-state index in [1.165, 1.54) is 0 Å². The monoisotopic (exact) mass is 135 g/mol. The summed E-state index contributed by atoms with van der Waals surface area (Å²) in [6.07, 6.45) is 0.679. The van der Waals surface area contributed by atoms with Gasteiger partial charge in [-0.3, -0.25) is 4.67 Å². The van der Waals surface area contributed by atoms with E-state index in [0.717, 1.165) is 13.0 Å². The summed E-state index contributed by atoms with van der Waals surface area (Å²) in [4.78, 5) is 0. The van der Waals surface area contributed by atoms with Gasteiger partial charge in [-0.05, 0) is 20.4 Å². The maximum absolute atomic E-state index is 8.77. The number of aliphatic hydroxyl groups excluding tert-OH is 1. The molecule has 0 aliphatic heterocycles. The summed E-state index contributed by atoms with van der Waals surface area (Å²) >= 11 is 0. The maximum Gasteiger partial charge on any atom is 0.0524 e. The number of hydrogen-bond acceptors (Lipinski definition) is 2. The fraction of sp³-hybridized carbons (Fsp3) is 1.00. The molecule has 0 saturated carbocycles. The topological polar surface area (TPSA) is 23.5 Å². The van der Waals surface area contributed by atoms with Crippen molar-refractivity contribution in [1.82, 2.24) is 4.67 Å². The molecule has 0 rings (SSSR count). The minimum absolute atomic E-state index is 0.169. The average Bonchev–Trinajstić information content (AvgIpc) is 1.61. The largest absolute Gasteiger partial charge is 0.393 e. The van der Waals surface area contributed by atoms with Crippen LogP contribution < -0.4 is 0 Å². The highest BCUT2D eigenvalue weighted by molar-refractivity contribution is 7.13. The van der Waals surface area contributed by atoms with Crippen LogP contribution in [0.5, 0.6) is 0 Å². The predicted molar refractivity (Wildman–Crippen MR) is 38.6 cm³/mol. The smallest absolute Gasteiger partial charge is 0.0524 e. The predicted octanol–water partition coefficient (Wildman–Crippen LogP) is 0.479. The van der Waals surface area contributed by atoms with Crippen molar-refractivity contribution in [2.75, 3.05) is 13.6 Å². The Bertz CT molecular complexity index is 48.4. The zero-order valence-electron chi connectivity index (χ0n) is 5.46. The maximum atomic E-state index is 8.77. The zero-order valence-corrected chi connectivity index (χ0v) is 6.62. The van der Waals surface area contributed by atoms with Crippen molar-refractivity contribution in [2.45, 2.75) is 19.4 Å². The second-order valence-corrected chi connectivity index (χ2v) is 3.00. The Morgan fingerprint density at radius 2 is 2.25 bits per heavy atom. The Morgan fingerprint density at radius 1 is 1.75 bits per heavy atom. The van der Waals surface area contributed by atoms with Gasteiger partial charge in [0.2, 0.25) is 0 Å². The lowest BCUT2D eigenvalue weighted by Crippen LogP contribution is -2.12. The van der Waals surface area contributed by atoms with Crippen LogP contribution in [0.1, 0.15) is 13.3 Å². The number of hydrogen-bond donors (Lipinski definition) is 1. The highest BCUT2D eigenvalue weighted by atomic mass is 31.0. The van der Waals surface area contributed by atoms with Gasteiger partial charge < -0.3 is 5.11 Å². The molecule has 1 N–H and O–H groups in total. The quantitative estimate of drug-likeness (QED) is 0.569. The summed E-state index contributed by atoms with van der Waals surface area (Å²) in [6, 6.07) is 0. The molecular formula is C5H14NOP. The molecule has 0 aliphatic rings. The molecule has 2 nitrogen and oxygen atoms in total. The molecule has 0 radical (unpaired) electrons. The molecule has 50 valence electrons. The zero-order chi connectivity index (χ0) is 6.57. The molecule has 0 saturated heterocycles. The van der Waals surface area contributed by atoms with E-state index in [2.05, 4.69) is 9.39 Å². The van der Waals surface area contributed by atoms with Gasteiger partial charge in [0.05, 0.1) is 6.10 Å². The van der Waals surface area contributed by atoms with Crippen LogP contribution in [0, 0.1) is 0 Å². The summed E-state index contributed by atoms with van der Waals surface area (Å²) in [5.74, 6) is 0. The molecule has 0 heterocycles. The van der Waals surface area contributed by atoms with E-state index >= 15 is 0 Å². The van der Waals surface area contributed by atoms with E-state index in [1.54, 1.807) is 6.92 Å². The molecule has 3 heteroatoms. The van der Waals surface area contributed by atoms with E-state index in [9.17, 15) is 0 Å². The third kappa shape index (κ3) is 6.35. The van der Waals surface area contributed by atoms with E-state index in [-0.39, 0.29) is 6.10 Å². The normalized spacial score (nSPS) is 14.6. The molecular weight excluding hydrogens is 121 g/mol. The van der Waals surface area contributed by atoms with Crippen LogP contribution in [0.2, 0.25) is 0 Å². The van der Waals surface area contributed by atoms with Crippen molar-refractivity contribution < 1.29 is 5.11 Å². The standard InChI is InChI=1S/C5H14NOP/c1-5(7)3-4-6(2)8/h5,7H,3-4,8H2,1-2H3. The van der Waals surface area contributed by atoms with Crippen LogP contribution in [-0.2, 0) is 0 Å². The molecule has 0 aromatic carbocycles. The van der Waals surface area contributed by atoms with Crippen LogP contribution in [0.4, 0.5) is 0 Å². The van der Waals surface area contributed by atoms with Gasteiger partial charge in [0.15, 0.2) is 0 Å². The molecule has 0 amide bonds. The summed E-state index contributed by atoms with van der Waals surface area (Å²) in [5, 5.41) is 8.77. The van der Waals surface area contributed by atoms with E-state index < -0.39 is 0 Å². The van der Waals surface area contributed by atoms with Gasteiger partial charge in [-0.2, -0.15) is 0 Å². The van der Waals surface area contributed by atoms with Crippen molar-refractivity contribution >= 4 is 9.39 Å². The number of rotatable bonds is 3.